The second-order valence-electron chi connectivity index (χ2n) is 5.28. The van der Waals surface area contributed by atoms with Gasteiger partial charge in [0.1, 0.15) is 17.3 Å². The molecule has 1 N–H and O–H groups in total. The number of allylic oxidation sites excluding steroid dienone is 1. The fraction of sp³-hybridized carbons (Fsp3) is 0.0526. The van der Waals surface area contributed by atoms with Crippen molar-refractivity contribution in [2.24, 2.45) is 0 Å². The normalized spacial score (nSPS) is 10.3. The number of aromatic carboxylic acids is 1. The Balaban J connectivity index is 1.81. The van der Waals surface area contributed by atoms with Gasteiger partial charge in [0.25, 0.3) is 0 Å². The molecular formula is C19H12N2O5. The summed E-state index contributed by atoms with van der Waals surface area (Å²) in [6.45, 7) is 3.35. The fourth-order valence-corrected chi connectivity index (χ4v) is 2.32. The molecule has 7 nitrogen and oxygen atoms in total. The number of aromatic nitrogens is 1. The highest BCUT2D eigenvalue weighted by molar-refractivity contribution is 6.04. The number of carbonyl (C=O) groups excluding carboxylic acids is 1. The highest BCUT2D eigenvalue weighted by Crippen LogP contribution is 2.23. The maximum atomic E-state index is 11.6. The number of carboxylic acid groups (broad SMARTS) is 1. The second-order valence-corrected chi connectivity index (χ2v) is 5.28. The molecule has 0 fully saturated rings. The Morgan fingerprint density at radius 1 is 1.27 bits per heavy atom. The standard InChI is InChI=1S/C19H12N2O5/c1-2-15(22)11-4-6-16(13(7-11)9-20)25-10-18-21-14-5-3-12(19(23)24)8-17(14)26-18/h2-8H,1,10H2,(H,23,24). The number of nitriles is 1. The van der Waals surface area contributed by atoms with Crippen LogP contribution in [0.5, 0.6) is 5.75 Å². The molecule has 2 aromatic carbocycles. The van der Waals surface area contributed by atoms with Crippen LogP contribution in [-0.4, -0.2) is 21.8 Å². The lowest BCUT2D eigenvalue weighted by molar-refractivity contribution is 0.0696. The molecule has 0 unspecified atom stereocenters. The van der Waals surface area contributed by atoms with Gasteiger partial charge in [-0.2, -0.15) is 5.26 Å². The summed E-state index contributed by atoms with van der Waals surface area (Å²) in [5.41, 5.74) is 1.46. The lowest BCUT2D eigenvalue weighted by Crippen LogP contribution is -2.00. The minimum absolute atomic E-state index is 0.0550. The van der Waals surface area contributed by atoms with Crippen LogP contribution in [-0.2, 0) is 6.61 Å². The number of fused-ring (bicyclic) bond motifs is 1. The molecule has 26 heavy (non-hydrogen) atoms. The van der Waals surface area contributed by atoms with Crippen molar-refractivity contribution >= 4 is 22.9 Å². The molecule has 7 heteroatoms. The third kappa shape index (κ3) is 3.30. The van der Waals surface area contributed by atoms with E-state index in [1.54, 1.807) is 6.07 Å². The quantitative estimate of drug-likeness (QED) is 0.537. The number of ketones is 1. The molecule has 0 atom stereocenters. The SMILES string of the molecule is C=CC(=O)c1ccc(OCc2nc3ccc(C(=O)O)cc3o2)c(C#N)c1. The molecule has 0 bridgehead atoms. The van der Waals surface area contributed by atoms with E-state index in [1.807, 2.05) is 6.07 Å². The number of carboxylic acids is 1. The largest absolute Gasteiger partial charge is 0.482 e. The third-order valence-corrected chi connectivity index (χ3v) is 3.60. The van der Waals surface area contributed by atoms with Crippen molar-refractivity contribution in [2.75, 3.05) is 0 Å². The van der Waals surface area contributed by atoms with Crippen LogP contribution in [0.15, 0.2) is 53.5 Å². The van der Waals surface area contributed by atoms with Crippen LogP contribution in [0.1, 0.15) is 32.2 Å². The third-order valence-electron chi connectivity index (χ3n) is 3.60. The number of ether oxygens (including phenoxy) is 1. The van der Waals surface area contributed by atoms with E-state index in [2.05, 4.69) is 11.6 Å². The highest BCUT2D eigenvalue weighted by Gasteiger charge is 2.12. The molecule has 0 aliphatic rings. The zero-order chi connectivity index (χ0) is 18.7. The number of nitrogens with zero attached hydrogens (tertiary/aromatic N) is 2. The van der Waals surface area contributed by atoms with E-state index < -0.39 is 5.97 Å². The van der Waals surface area contributed by atoms with Gasteiger partial charge in [-0.05, 0) is 42.5 Å². The van der Waals surface area contributed by atoms with Gasteiger partial charge >= 0.3 is 5.97 Å². The summed E-state index contributed by atoms with van der Waals surface area (Å²) in [5.74, 6) is -0.838. The minimum atomic E-state index is -1.06. The topological polar surface area (TPSA) is 113 Å². The molecule has 0 amide bonds. The number of carbonyl (C=O) groups is 2. The molecule has 0 aliphatic carbocycles. The predicted molar refractivity (Wildman–Crippen MR) is 91.0 cm³/mol. The van der Waals surface area contributed by atoms with E-state index in [4.69, 9.17) is 14.3 Å². The zero-order valence-corrected chi connectivity index (χ0v) is 13.4. The lowest BCUT2D eigenvalue weighted by atomic mass is 10.1. The predicted octanol–water partition coefficient (Wildman–Crippen LogP) is 3.35. The Kier molecular flexibility index (Phi) is 4.50. The summed E-state index contributed by atoms with van der Waals surface area (Å²) < 4.78 is 11.0. The Morgan fingerprint density at radius 2 is 2.04 bits per heavy atom. The minimum Gasteiger partial charge on any atom is -0.482 e. The van der Waals surface area contributed by atoms with Crippen molar-refractivity contribution < 1.29 is 23.8 Å². The summed E-state index contributed by atoms with van der Waals surface area (Å²) in [6, 6.07) is 10.8. The van der Waals surface area contributed by atoms with Crippen LogP contribution in [0.2, 0.25) is 0 Å². The van der Waals surface area contributed by atoms with Gasteiger partial charge in [0, 0.05) is 5.56 Å². The molecule has 0 radical (unpaired) electrons. The number of hydrogen-bond acceptors (Lipinski definition) is 6. The van der Waals surface area contributed by atoms with Crippen molar-refractivity contribution in [3.05, 3.63) is 71.6 Å². The molecule has 1 heterocycles. The first-order chi connectivity index (χ1) is 12.5. The Labute approximate surface area is 147 Å². The van der Waals surface area contributed by atoms with Crippen molar-refractivity contribution in [1.82, 2.24) is 4.98 Å². The van der Waals surface area contributed by atoms with Crippen LogP contribution in [0.25, 0.3) is 11.1 Å². The maximum Gasteiger partial charge on any atom is 0.335 e. The average molecular weight is 348 g/mol. The first kappa shape index (κ1) is 16.9. The first-order valence-corrected chi connectivity index (χ1v) is 7.48. The highest BCUT2D eigenvalue weighted by atomic mass is 16.5. The molecule has 0 saturated heterocycles. The second kappa shape index (κ2) is 6.91. The zero-order valence-electron chi connectivity index (χ0n) is 13.4. The molecule has 3 aromatic rings. The number of oxazole rings is 1. The van der Waals surface area contributed by atoms with Gasteiger partial charge in [-0.3, -0.25) is 4.79 Å². The van der Waals surface area contributed by atoms with Crippen molar-refractivity contribution in [2.45, 2.75) is 6.61 Å². The van der Waals surface area contributed by atoms with E-state index in [0.29, 0.717) is 16.7 Å². The molecule has 1 aromatic heterocycles. The number of benzene rings is 2. The number of rotatable bonds is 6. The summed E-state index contributed by atoms with van der Waals surface area (Å²) in [6.07, 6.45) is 1.17. The Morgan fingerprint density at radius 3 is 2.73 bits per heavy atom. The van der Waals surface area contributed by atoms with E-state index in [-0.39, 0.29) is 35.2 Å². The molecule has 128 valence electrons. The van der Waals surface area contributed by atoms with Crippen LogP contribution in [0, 0.1) is 11.3 Å². The van der Waals surface area contributed by atoms with Crippen LogP contribution in [0.3, 0.4) is 0 Å². The van der Waals surface area contributed by atoms with Crippen molar-refractivity contribution in [3.63, 3.8) is 0 Å². The van der Waals surface area contributed by atoms with Crippen LogP contribution >= 0.6 is 0 Å². The van der Waals surface area contributed by atoms with Crippen molar-refractivity contribution in [1.29, 1.82) is 5.26 Å². The maximum absolute atomic E-state index is 11.6. The van der Waals surface area contributed by atoms with Crippen LogP contribution < -0.4 is 4.74 Å². The Hall–Kier alpha value is -3.92. The van der Waals surface area contributed by atoms with Gasteiger partial charge in [-0.1, -0.05) is 6.58 Å². The molecular weight excluding hydrogens is 336 g/mol. The summed E-state index contributed by atoms with van der Waals surface area (Å²) in [5, 5.41) is 18.2. The average Bonchev–Trinajstić information content (AvgIpc) is 3.07. The Bertz CT molecular complexity index is 1080. The van der Waals surface area contributed by atoms with Gasteiger partial charge in [0.15, 0.2) is 18.0 Å². The van der Waals surface area contributed by atoms with Gasteiger partial charge in [-0.25, -0.2) is 9.78 Å². The lowest BCUT2D eigenvalue weighted by Gasteiger charge is -2.06. The molecule has 0 aliphatic heterocycles. The summed E-state index contributed by atoms with van der Waals surface area (Å²) in [4.78, 5) is 26.8. The first-order valence-electron chi connectivity index (χ1n) is 7.48. The van der Waals surface area contributed by atoms with Gasteiger partial charge in [-0.15, -0.1) is 0 Å². The summed E-state index contributed by atoms with van der Waals surface area (Å²) >= 11 is 0. The van der Waals surface area contributed by atoms with E-state index >= 15 is 0 Å². The molecule has 0 saturated carbocycles. The van der Waals surface area contributed by atoms with Gasteiger partial charge in [0.2, 0.25) is 5.89 Å². The van der Waals surface area contributed by atoms with E-state index in [0.717, 1.165) is 0 Å². The smallest absolute Gasteiger partial charge is 0.335 e. The molecule has 0 spiro atoms. The van der Waals surface area contributed by atoms with Gasteiger partial charge in [0.05, 0.1) is 11.1 Å². The van der Waals surface area contributed by atoms with E-state index in [1.165, 1.54) is 36.4 Å². The monoisotopic (exact) mass is 348 g/mol. The van der Waals surface area contributed by atoms with Gasteiger partial charge < -0.3 is 14.3 Å². The summed E-state index contributed by atoms with van der Waals surface area (Å²) in [7, 11) is 0. The number of hydrogen-bond donors (Lipinski definition) is 1. The van der Waals surface area contributed by atoms with Crippen LogP contribution in [0.4, 0.5) is 0 Å². The fourth-order valence-electron chi connectivity index (χ4n) is 2.32. The van der Waals surface area contributed by atoms with Crippen molar-refractivity contribution in [3.8, 4) is 11.8 Å². The molecule has 3 rings (SSSR count). The van der Waals surface area contributed by atoms with E-state index in [9.17, 15) is 14.9 Å².